The first-order valence-electron chi connectivity index (χ1n) is 5.01. The Labute approximate surface area is 91.9 Å². The molecule has 0 N–H and O–H groups in total. The van der Waals surface area contributed by atoms with E-state index in [1.807, 2.05) is 0 Å². The molecule has 1 saturated carbocycles. The molecule has 1 aliphatic rings. The van der Waals surface area contributed by atoms with Crippen molar-refractivity contribution in [3.63, 3.8) is 0 Å². The van der Waals surface area contributed by atoms with Crippen molar-refractivity contribution < 1.29 is 0 Å². The highest BCUT2D eigenvalue weighted by Crippen LogP contribution is 2.42. The van der Waals surface area contributed by atoms with Crippen LogP contribution in [0.4, 0.5) is 0 Å². The number of fused-ring (bicyclic) bond motifs is 1. The minimum absolute atomic E-state index is 0.819. The number of para-hydroxylation sites is 1. The Bertz CT molecular complexity index is 494. The van der Waals surface area contributed by atoms with E-state index in [4.69, 9.17) is 0 Å². The van der Waals surface area contributed by atoms with Crippen LogP contribution in [0.2, 0.25) is 0 Å². The van der Waals surface area contributed by atoms with E-state index in [0.29, 0.717) is 0 Å². The number of hydrogen-bond donors (Lipinski definition) is 0. The number of rotatable bonds is 1. The summed E-state index contributed by atoms with van der Waals surface area (Å²) in [7, 11) is 2.17. The first-order chi connectivity index (χ1) is 6.77. The molecule has 0 aliphatic heterocycles. The zero-order chi connectivity index (χ0) is 9.71. The van der Waals surface area contributed by atoms with Gasteiger partial charge in [-0.05, 0) is 46.8 Å². The lowest BCUT2D eigenvalue weighted by atomic mass is 10.2. The molecule has 0 spiro atoms. The van der Waals surface area contributed by atoms with Gasteiger partial charge in [0.2, 0.25) is 0 Å². The van der Waals surface area contributed by atoms with Gasteiger partial charge in [0.15, 0.2) is 0 Å². The predicted molar refractivity (Wildman–Crippen MR) is 62.6 cm³/mol. The molecule has 0 bridgehead atoms. The van der Waals surface area contributed by atoms with E-state index in [1.54, 1.807) is 0 Å². The summed E-state index contributed by atoms with van der Waals surface area (Å²) in [6.45, 7) is 0. The normalized spacial score (nSPS) is 16.4. The summed E-state index contributed by atoms with van der Waals surface area (Å²) < 4.78 is 3.53. The Morgan fingerprint density at radius 3 is 2.79 bits per heavy atom. The Kier molecular flexibility index (Phi) is 1.75. The fourth-order valence-corrected chi connectivity index (χ4v) is 2.81. The van der Waals surface area contributed by atoms with E-state index in [2.05, 4.69) is 51.8 Å². The molecule has 14 heavy (non-hydrogen) atoms. The molecule has 0 atom stereocenters. The Hall–Kier alpha value is -0.760. The van der Waals surface area contributed by atoms with E-state index >= 15 is 0 Å². The highest BCUT2D eigenvalue weighted by atomic mass is 79.9. The van der Waals surface area contributed by atoms with E-state index in [0.717, 1.165) is 5.92 Å². The number of benzene rings is 1. The lowest BCUT2D eigenvalue weighted by Crippen LogP contribution is -1.93. The number of halogens is 1. The van der Waals surface area contributed by atoms with Gasteiger partial charge in [-0.3, -0.25) is 0 Å². The fraction of sp³-hybridized carbons (Fsp3) is 0.333. The molecule has 72 valence electrons. The second kappa shape index (κ2) is 2.86. The first kappa shape index (κ1) is 8.54. The van der Waals surface area contributed by atoms with Gasteiger partial charge in [-0.15, -0.1) is 0 Å². The second-order valence-electron chi connectivity index (χ2n) is 4.08. The SMILES string of the molecule is Cn1c(C2CC2)cc2cccc(Br)c21. The lowest BCUT2D eigenvalue weighted by Gasteiger charge is -2.03. The molecule has 0 amide bonds. The van der Waals surface area contributed by atoms with E-state index in [-0.39, 0.29) is 0 Å². The van der Waals surface area contributed by atoms with Crippen LogP contribution in [0.1, 0.15) is 24.5 Å². The van der Waals surface area contributed by atoms with Crippen molar-refractivity contribution in [2.45, 2.75) is 18.8 Å². The third-order valence-electron chi connectivity index (χ3n) is 3.04. The molecular weight excluding hydrogens is 238 g/mol. The van der Waals surface area contributed by atoms with Crippen LogP contribution < -0.4 is 0 Å². The van der Waals surface area contributed by atoms with Crippen LogP contribution in [0.3, 0.4) is 0 Å². The van der Waals surface area contributed by atoms with Crippen LogP contribution in [0.5, 0.6) is 0 Å². The maximum Gasteiger partial charge on any atom is 0.0624 e. The van der Waals surface area contributed by atoms with Crippen molar-refractivity contribution in [3.8, 4) is 0 Å². The molecule has 1 heterocycles. The Balaban J connectivity index is 2.34. The molecule has 3 rings (SSSR count). The van der Waals surface area contributed by atoms with E-state index < -0.39 is 0 Å². The summed E-state index contributed by atoms with van der Waals surface area (Å²) in [5, 5.41) is 1.35. The summed E-state index contributed by atoms with van der Waals surface area (Å²) in [4.78, 5) is 0. The molecule has 2 aromatic rings. The average Bonchev–Trinajstić information content (AvgIpc) is 2.93. The van der Waals surface area contributed by atoms with Gasteiger partial charge in [-0.1, -0.05) is 12.1 Å². The second-order valence-corrected chi connectivity index (χ2v) is 4.93. The molecule has 1 nitrogen and oxygen atoms in total. The minimum Gasteiger partial charge on any atom is -0.346 e. The third-order valence-corrected chi connectivity index (χ3v) is 3.68. The minimum atomic E-state index is 0.819. The average molecular weight is 250 g/mol. The van der Waals surface area contributed by atoms with Crippen molar-refractivity contribution in [2.75, 3.05) is 0 Å². The largest absolute Gasteiger partial charge is 0.346 e. The van der Waals surface area contributed by atoms with E-state index in [1.165, 1.54) is 33.9 Å². The van der Waals surface area contributed by atoms with Gasteiger partial charge in [0, 0.05) is 22.6 Å². The van der Waals surface area contributed by atoms with Crippen LogP contribution in [0.25, 0.3) is 10.9 Å². The van der Waals surface area contributed by atoms with Gasteiger partial charge in [-0.25, -0.2) is 0 Å². The van der Waals surface area contributed by atoms with Gasteiger partial charge < -0.3 is 4.57 Å². The molecule has 0 saturated heterocycles. The van der Waals surface area contributed by atoms with Gasteiger partial charge in [-0.2, -0.15) is 0 Å². The van der Waals surface area contributed by atoms with Crippen molar-refractivity contribution >= 4 is 26.8 Å². The highest BCUT2D eigenvalue weighted by molar-refractivity contribution is 9.10. The number of hydrogen-bond acceptors (Lipinski definition) is 0. The van der Waals surface area contributed by atoms with Crippen LogP contribution in [0, 0.1) is 0 Å². The molecule has 0 radical (unpaired) electrons. The summed E-state index contributed by atoms with van der Waals surface area (Å²) in [6.07, 6.45) is 2.73. The maximum atomic E-state index is 3.61. The summed E-state index contributed by atoms with van der Waals surface area (Å²) >= 11 is 3.61. The summed E-state index contributed by atoms with van der Waals surface area (Å²) in [6, 6.07) is 8.73. The van der Waals surface area contributed by atoms with Crippen LogP contribution in [0.15, 0.2) is 28.7 Å². The predicted octanol–water partition coefficient (Wildman–Crippen LogP) is 3.82. The van der Waals surface area contributed by atoms with Crippen molar-refractivity contribution in [1.82, 2.24) is 4.57 Å². The zero-order valence-corrected chi connectivity index (χ0v) is 9.71. The number of nitrogens with zero attached hydrogens (tertiary/aromatic N) is 1. The monoisotopic (exact) mass is 249 g/mol. The van der Waals surface area contributed by atoms with Crippen molar-refractivity contribution in [2.24, 2.45) is 7.05 Å². The van der Waals surface area contributed by atoms with Crippen LogP contribution >= 0.6 is 15.9 Å². The van der Waals surface area contributed by atoms with E-state index in [9.17, 15) is 0 Å². The quantitative estimate of drug-likeness (QED) is 0.725. The Morgan fingerprint density at radius 1 is 1.36 bits per heavy atom. The third kappa shape index (κ3) is 1.13. The van der Waals surface area contributed by atoms with Crippen molar-refractivity contribution in [3.05, 3.63) is 34.4 Å². The van der Waals surface area contributed by atoms with Crippen LogP contribution in [-0.4, -0.2) is 4.57 Å². The Morgan fingerprint density at radius 2 is 2.14 bits per heavy atom. The number of aromatic nitrogens is 1. The molecule has 2 heteroatoms. The standard InChI is InChI=1S/C12H12BrN/c1-14-11(8-5-6-8)7-9-3-2-4-10(13)12(9)14/h2-4,7-8H,5-6H2,1H3. The molecule has 1 aromatic carbocycles. The molecule has 1 fully saturated rings. The maximum absolute atomic E-state index is 3.61. The van der Waals surface area contributed by atoms with Gasteiger partial charge >= 0.3 is 0 Å². The molecule has 0 unspecified atom stereocenters. The summed E-state index contributed by atoms with van der Waals surface area (Å²) in [5.74, 6) is 0.819. The molecule has 1 aromatic heterocycles. The lowest BCUT2D eigenvalue weighted by molar-refractivity contribution is 0.856. The zero-order valence-electron chi connectivity index (χ0n) is 8.13. The number of aryl methyl sites for hydroxylation is 1. The van der Waals surface area contributed by atoms with Gasteiger partial charge in [0.1, 0.15) is 0 Å². The highest BCUT2D eigenvalue weighted by Gasteiger charge is 2.27. The molecular formula is C12H12BrN. The summed E-state index contributed by atoms with van der Waals surface area (Å²) in [5.41, 5.74) is 2.82. The van der Waals surface area contributed by atoms with Crippen LogP contribution in [-0.2, 0) is 7.05 Å². The van der Waals surface area contributed by atoms with Gasteiger partial charge in [0.25, 0.3) is 0 Å². The van der Waals surface area contributed by atoms with Crippen molar-refractivity contribution in [1.29, 1.82) is 0 Å². The smallest absolute Gasteiger partial charge is 0.0624 e. The van der Waals surface area contributed by atoms with Gasteiger partial charge in [0.05, 0.1) is 5.52 Å². The topological polar surface area (TPSA) is 4.93 Å². The fourth-order valence-electron chi connectivity index (χ4n) is 2.16. The molecule has 1 aliphatic carbocycles. The first-order valence-corrected chi connectivity index (χ1v) is 5.80.